The molecule has 1 rings (SSSR count). The monoisotopic (exact) mass is 327 g/mol. The molecule has 0 saturated heterocycles. The SMILES string of the molecule is Nc1ccc(C(=O)CCBr)c(SC(F)(F)F)c1. The van der Waals surface area contributed by atoms with E-state index >= 15 is 0 Å². The van der Waals surface area contributed by atoms with Gasteiger partial charge in [-0.2, -0.15) is 13.2 Å². The maximum absolute atomic E-state index is 12.3. The van der Waals surface area contributed by atoms with E-state index in [0.717, 1.165) is 0 Å². The van der Waals surface area contributed by atoms with Gasteiger partial charge in [0.05, 0.1) is 0 Å². The molecule has 0 spiro atoms. The zero-order chi connectivity index (χ0) is 13.1. The highest BCUT2D eigenvalue weighted by molar-refractivity contribution is 9.09. The Bertz CT molecular complexity index is 423. The zero-order valence-electron chi connectivity index (χ0n) is 8.55. The quantitative estimate of drug-likeness (QED) is 0.395. The molecule has 94 valence electrons. The van der Waals surface area contributed by atoms with Crippen molar-refractivity contribution in [2.45, 2.75) is 16.8 Å². The third-order valence-electron chi connectivity index (χ3n) is 1.85. The van der Waals surface area contributed by atoms with Crippen LogP contribution in [0.3, 0.4) is 0 Å². The number of rotatable bonds is 4. The minimum Gasteiger partial charge on any atom is -0.399 e. The molecule has 17 heavy (non-hydrogen) atoms. The normalized spacial score (nSPS) is 11.5. The molecule has 0 radical (unpaired) electrons. The number of carbonyl (C=O) groups is 1. The van der Waals surface area contributed by atoms with Gasteiger partial charge in [0.1, 0.15) is 0 Å². The van der Waals surface area contributed by atoms with Gasteiger partial charge in [-0.1, -0.05) is 15.9 Å². The Morgan fingerprint density at radius 3 is 2.59 bits per heavy atom. The molecule has 1 aromatic rings. The number of Topliss-reactive ketones (excluding diaryl/α,β-unsaturated/α-hetero) is 1. The van der Waals surface area contributed by atoms with Gasteiger partial charge >= 0.3 is 5.51 Å². The number of halogens is 4. The van der Waals surface area contributed by atoms with Crippen molar-refractivity contribution in [3.63, 3.8) is 0 Å². The highest BCUT2D eigenvalue weighted by Gasteiger charge is 2.31. The van der Waals surface area contributed by atoms with Gasteiger partial charge in [-0.25, -0.2) is 0 Å². The molecule has 0 aromatic heterocycles. The number of hydrogen-bond donors (Lipinski definition) is 1. The van der Waals surface area contributed by atoms with E-state index in [9.17, 15) is 18.0 Å². The molecule has 0 aliphatic heterocycles. The predicted octanol–water partition coefficient (Wildman–Crippen LogP) is 3.85. The summed E-state index contributed by atoms with van der Waals surface area (Å²) in [6.45, 7) is 0. The summed E-state index contributed by atoms with van der Waals surface area (Å²) in [5.41, 5.74) is 1.24. The Morgan fingerprint density at radius 1 is 1.41 bits per heavy atom. The molecule has 0 fully saturated rings. The van der Waals surface area contributed by atoms with Crippen molar-refractivity contribution in [2.24, 2.45) is 0 Å². The molecule has 0 saturated carbocycles. The van der Waals surface area contributed by atoms with Crippen molar-refractivity contribution in [1.82, 2.24) is 0 Å². The number of benzene rings is 1. The smallest absolute Gasteiger partial charge is 0.399 e. The summed E-state index contributed by atoms with van der Waals surface area (Å²) in [5.74, 6) is -0.339. The Kier molecular flexibility index (Phi) is 4.88. The number of anilines is 1. The fourth-order valence-electron chi connectivity index (χ4n) is 1.20. The molecule has 0 unspecified atom stereocenters. The summed E-state index contributed by atoms with van der Waals surface area (Å²) in [5, 5.41) is 0.409. The number of nitrogens with two attached hydrogens (primary N) is 1. The van der Waals surface area contributed by atoms with Crippen LogP contribution in [0.5, 0.6) is 0 Å². The Balaban J connectivity index is 3.08. The molecule has 0 atom stereocenters. The zero-order valence-corrected chi connectivity index (χ0v) is 11.0. The molecule has 0 aliphatic carbocycles. The summed E-state index contributed by atoms with van der Waals surface area (Å²) >= 11 is 2.75. The van der Waals surface area contributed by atoms with Crippen LogP contribution < -0.4 is 5.73 Å². The van der Waals surface area contributed by atoms with Crippen molar-refractivity contribution in [2.75, 3.05) is 11.1 Å². The molecule has 0 heterocycles. The summed E-state index contributed by atoms with van der Waals surface area (Å²) in [7, 11) is 0. The highest BCUT2D eigenvalue weighted by atomic mass is 79.9. The predicted molar refractivity (Wildman–Crippen MR) is 65.5 cm³/mol. The molecule has 7 heteroatoms. The fraction of sp³-hybridized carbons (Fsp3) is 0.300. The van der Waals surface area contributed by atoms with Crippen LogP contribution in [-0.4, -0.2) is 16.6 Å². The van der Waals surface area contributed by atoms with Crippen LogP contribution in [0, 0.1) is 0 Å². The summed E-state index contributed by atoms with van der Waals surface area (Å²) < 4.78 is 36.9. The number of alkyl halides is 4. The molecule has 1 aromatic carbocycles. The lowest BCUT2D eigenvalue weighted by atomic mass is 10.1. The van der Waals surface area contributed by atoms with Gasteiger partial charge in [-0.05, 0) is 30.0 Å². The van der Waals surface area contributed by atoms with Crippen molar-refractivity contribution >= 4 is 39.2 Å². The summed E-state index contributed by atoms with van der Waals surface area (Å²) in [4.78, 5) is 11.5. The van der Waals surface area contributed by atoms with Crippen molar-refractivity contribution < 1.29 is 18.0 Å². The van der Waals surface area contributed by atoms with Crippen LogP contribution >= 0.6 is 27.7 Å². The maximum Gasteiger partial charge on any atom is 0.446 e. The first kappa shape index (κ1) is 14.4. The Hall–Kier alpha value is -0.690. The van der Waals surface area contributed by atoms with Crippen LogP contribution in [0.4, 0.5) is 18.9 Å². The second kappa shape index (κ2) is 5.77. The molecule has 2 nitrogen and oxygen atoms in total. The van der Waals surface area contributed by atoms with Crippen molar-refractivity contribution in [3.8, 4) is 0 Å². The third kappa shape index (κ3) is 4.59. The van der Waals surface area contributed by atoms with Crippen LogP contribution in [0.2, 0.25) is 0 Å². The Morgan fingerprint density at radius 2 is 2.06 bits per heavy atom. The van der Waals surface area contributed by atoms with Gasteiger partial charge in [0.2, 0.25) is 0 Å². The van der Waals surface area contributed by atoms with E-state index in [1.54, 1.807) is 0 Å². The van der Waals surface area contributed by atoms with E-state index in [-0.39, 0.29) is 40.1 Å². The van der Waals surface area contributed by atoms with E-state index in [1.807, 2.05) is 0 Å². The number of thioether (sulfide) groups is 1. The van der Waals surface area contributed by atoms with Crippen molar-refractivity contribution in [1.29, 1.82) is 0 Å². The molecule has 0 amide bonds. The first-order valence-electron chi connectivity index (χ1n) is 4.58. The number of carbonyl (C=O) groups excluding carboxylic acids is 1. The molecule has 0 bridgehead atoms. The standard InChI is InChI=1S/C10H9BrF3NOS/c11-4-3-8(16)7-2-1-6(15)5-9(7)17-10(12,13)14/h1-2,5H,3-4,15H2. The summed E-state index contributed by atoms with van der Waals surface area (Å²) in [6, 6.07) is 3.91. The largest absolute Gasteiger partial charge is 0.446 e. The van der Waals surface area contributed by atoms with E-state index < -0.39 is 5.51 Å². The average Bonchev–Trinajstić information content (AvgIpc) is 2.15. The van der Waals surface area contributed by atoms with E-state index in [4.69, 9.17) is 5.73 Å². The Labute approximate surface area is 109 Å². The third-order valence-corrected chi connectivity index (χ3v) is 3.04. The first-order valence-corrected chi connectivity index (χ1v) is 6.51. The van der Waals surface area contributed by atoms with Crippen LogP contribution in [0.1, 0.15) is 16.8 Å². The lowest BCUT2D eigenvalue weighted by molar-refractivity contribution is -0.0328. The van der Waals surface area contributed by atoms with Crippen LogP contribution in [0.25, 0.3) is 0 Å². The van der Waals surface area contributed by atoms with Gasteiger partial charge in [0, 0.05) is 27.9 Å². The van der Waals surface area contributed by atoms with Crippen molar-refractivity contribution in [3.05, 3.63) is 23.8 Å². The molecular formula is C10H9BrF3NOS. The van der Waals surface area contributed by atoms with Gasteiger partial charge in [0.15, 0.2) is 5.78 Å². The van der Waals surface area contributed by atoms with Crippen LogP contribution in [0.15, 0.2) is 23.1 Å². The topological polar surface area (TPSA) is 43.1 Å². The van der Waals surface area contributed by atoms with E-state index in [1.165, 1.54) is 18.2 Å². The average molecular weight is 328 g/mol. The van der Waals surface area contributed by atoms with E-state index in [0.29, 0.717) is 5.33 Å². The number of hydrogen-bond acceptors (Lipinski definition) is 3. The first-order chi connectivity index (χ1) is 7.83. The minimum atomic E-state index is -4.43. The second-order valence-corrected chi connectivity index (χ2v) is 5.07. The molecular weight excluding hydrogens is 319 g/mol. The summed E-state index contributed by atoms with van der Waals surface area (Å²) in [6.07, 6.45) is 0.148. The molecule has 2 N–H and O–H groups in total. The fourth-order valence-corrected chi connectivity index (χ4v) is 2.30. The number of ketones is 1. The maximum atomic E-state index is 12.3. The minimum absolute atomic E-state index is 0.0565. The van der Waals surface area contributed by atoms with Gasteiger partial charge in [-0.15, -0.1) is 0 Å². The van der Waals surface area contributed by atoms with Gasteiger partial charge in [0.25, 0.3) is 0 Å². The van der Waals surface area contributed by atoms with Gasteiger partial charge in [-0.3, -0.25) is 4.79 Å². The molecule has 0 aliphatic rings. The second-order valence-electron chi connectivity index (χ2n) is 3.17. The van der Waals surface area contributed by atoms with Gasteiger partial charge < -0.3 is 5.73 Å². The van der Waals surface area contributed by atoms with E-state index in [2.05, 4.69) is 15.9 Å². The lowest BCUT2D eigenvalue weighted by Gasteiger charge is -2.10. The lowest BCUT2D eigenvalue weighted by Crippen LogP contribution is -2.06. The highest BCUT2D eigenvalue weighted by Crippen LogP contribution is 2.39. The van der Waals surface area contributed by atoms with Crippen LogP contribution in [-0.2, 0) is 0 Å². The number of nitrogen functional groups attached to an aromatic ring is 1.